The molecule has 1 saturated heterocycles. The number of aromatic nitrogens is 1. The van der Waals surface area contributed by atoms with Gasteiger partial charge in [0.2, 0.25) is 18.6 Å². The third-order valence-electron chi connectivity index (χ3n) is 4.52. The van der Waals surface area contributed by atoms with Gasteiger partial charge in [-0.2, -0.15) is 0 Å². The minimum atomic E-state index is -0.105. The Balaban J connectivity index is 1.42. The Morgan fingerprint density at radius 3 is 2.41 bits per heavy atom. The lowest BCUT2D eigenvalue weighted by molar-refractivity contribution is -0.157. The Bertz CT molecular complexity index is 889. The maximum atomic E-state index is 12.8. The molecule has 0 atom stereocenters. The van der Waals surface area contributed by atoms with Crippen LogP contribution in [0.2, 0.25) is 0 Å². The number of rotatable bonds is 4. The number of hydrogen-bond acceptors (Lipinski definition) is 5. The van der Waals surface area contributed by atoms with E-state index in [-0.39, 0.29) is 31.4 Å². The predicted molar refractivity (Wildman–Crippen MR) is 100.0 cm³/mol. The van der Waals surface area contributed by atoms with Crippen molar-refractivity contribution in [3.05, 3.63) is 52.3 Å². The molecule has 0 bridgehead atoms. The minimum absolute atomic E-state index is 0.105. The van der Waals surface area contributed by atoms with Crippen LogP contribution in [0.25, 0.3) is 0 Å². The van der Waals surface area contributed by atoms with Crippen LogP contribution >= 0.6 is 15.9 Å². The van der Waals surface area contributed by atoms with Crippen LogP contribution < -0.4 is 9.47 Å². The van der Waals surface area contributed by atoms with Crippen molar-refractivity contribution in [2.75, 3.05) is 19.9 Å². The molecule has 0 unspecified atom stereocenters. The van der Waals surface area contributed by atoms with Crippen LogP contribution in [0, 0.1) is 0 Å². The lowest BCUT2D eigenvalue weighted by Gasteiger charge is -2.28. The summed E-state index contributed by atoms with van der Waals surface area (Å²) in [6.45, 7) is 1.30. The molecule has 1 aromatic heterocycles. The Labute approximate surface area is 165 Å². The van der Waals surface area contributed by atoms with E-state index in [9.17, 15) is 9.59 Å². The summed E-state index contributed by atoms with van der Waals surface area (Å²) >= 11 is 3.36. The first-order valence-electron chi connectivity index (χ1n) is 8.69. The van der Waals surface area contributed by atoms with Gasteiger partial charge in [0.25, 0.3) is 0 Å². The maximum Gasteiger partial charge on any atom is 0.245 e. The first-order chi connectivity index (χ1) is 13.1. The average Bonchev–Trinajstić information content (AvgIpc) is 3.30. The van der Waals surface area contributed by atoms with E-state index >= 15 is 0 Å². The molecule has 1 aromatic carbocycles. The fourth-order valence-electron chi connectivity index (χ4n) is 3.27. The molecule has 8 heteroatoms. The van der Waals surface area contributed by atoms with Gasteiger partial charge in [0.1, 0.15) is 0 Å². The van der Waals surface area contributed by atoms with Crippen molar-refractivity contribution in [1.29, 1.82) is 0 Å². The number of amides is 2. The Hall–Kier alpha value is -2.61. The Morgan fingerprint density at radius 2 is 1.67 bits per heavy atom. The summed E-state index contributed by atoms with van der Waals surface area (Å²) in [6.07, 6.45) is 4.52. The molecule has 27 heavy (non-hydrogen) atoms. The topological polar surface area (TPSA) is 72.0 Å². The van der Waals surface area contributed by atoms with Crippen LogP contribution in [0.5, 0.6) is 11.5 Å². The molecular formula is C19H18BrN3O4. The summed E-state index contributed by atoms with van der Waals surface area (Å²) in [4.78, 5) is 29.6. The third kappa shape index (κ3) is 3.90. The summed E-state index contributed by atoms with van der Waals surface area (Å²) in [7, 11) is 0. The van der Waals surface area contributed by atoms with E-state index in [0.717, 1.165) is 22.0 Å². The SMILES string of the molecule is O=C(Cc1cncc(Br)c1)N1CCCN1C(=O)Cc1ccc2c(c1)OCO2. The van der Waals surface area contributed by atoms with Crippen molar-refractivity contribution in [2.45, 2.75) is 19.3 Å². The third-order valence-corrected chi connectivity index (χ3v) is 4.95. The molecule has 2 aliphatic heterocycles. The zero-order valence-corrected chi connectivity index (χ0v) is 16.1. The lowest BCUT2D eigenvalue weighted by Crippen LogP contribution is -2.46. The highest BCUT2D eigenvalue weighted by molar-refractivity contribution is 9.10. The highest BCUT2D eigenvalue weighted by Gasteiger charge is 2.30. The van der Waals surface area contributed by atoms with Crippen LogP contribution in [-0.2, 0) is 22.4 Å². The number of pyridine rings is 1. The molecule has 3 heterocycles. The van der Waals surface area contributed by atoms with Crippen LogP contribution in [0.15, 0.2) is 41.1 Å². The zero-order chi connectivity index (χ0) is 18.8. The van der Waals surface area contributed by atoms with Gasteiger partial charge < -0.3 is 9.47 Å². The lowest BCUT2D eigenvalue weighted by atomic mass is 10.1. The molecule has 0 saturated carbocycles. The van der Waals surface area contributed by atoms with E-state index in [1.165, 1.54) is 0 Å². The minimum Gasteiger partial charge on any atom is -0.454 e. The van der Waals surface area contributed by atoms with Gasteiger partial charge in [-0.05, 0) is 51.7 Å². The van der Waals surface area contributed by atoms with E-state index < -0.39 is 0 Å². The summed E-state index contributed by atoms with van der Waals surface area (Å²) in [5, 5.41) is 3.11. The molecule has 0 aliphatic carbocycles. The van der Waals surface area contributed by atoms with Crippen molar-refractivity contribution >= 4 is 27.7 Å². The second-order valence-corrected chi connectivity index (χ2v) is 7.36. The van der Waals surface area contributed by atoms with Gasteiger partial charge >= 0.3 is 0 Å². The van der Waals surface area contributed by atoms with Crippen molar-refractivity contribution in [3.8, 4) is 11.5 Å². The Kier molecular flexibility index (Phi) is 4.98. The van der Waals surface area contributed by atoms with E-state index in [0.29, 0.717) is 24.6 Å². The summed E-state index contributed by atoms with van der Waals surface area (Å²) in [6, 6.07) is 7.33. The van der Waals surface area contributed by atoms with Crippen molar-refractivity contribution < 1.29 is 19.1 Å². The second-order valence-electron chi connectivity index (χ2n) is 6.44. The number of hydrogen-bond donors (Lipinski definition) is 0. The van der Waals surface area contributed by atoms with E-state index in [1.807, 2.05) is 18.2 Å². The van der Waals surface area contributed by atoms with Gasteiger partial charge in [0.05, 0.1) is 12.8 Å². The van der Waals surface area contributed by atoms with Crippen molar-refractivity contribution in [3.63, 3.8) is 0 Å². The molecular weight excluding hydrogens is 414 g/mol. The van der Waals surface area contributed by atoms with Crippen LogP contribution in [0.4, 0.5) is 0 Å². The number of ether oxygens (including phenoxy) is 2. The Morgan fingerprint density at radius 1 is 0.963 bits per heavy atom. The predicted octanol–water partition coefficient (Wildman–Crippen LogP) is 2.33. The average molecular weight is 432 g/mol. The molecule has 0 N–H and O–H groups in total. The van der Waals surface area contributed by atoms with Crippen LogP contribution in [0.1, 0.15) is 17.5 Å². The van der Waals surface area contributed by atoms with E-state index in [2.05, 4.69) is 20.9 Å². The molecule has 0 radical (unpaired) electrons. The number of hydrazine groups is 1. The first-order valence-corrected chi connectivity index (χ1v) is 9.48. The van der Waals surface area contributed by atoms with Gasteiger partial charge in [0.15, 0.2) is 11.5 Å². The normalized spacial score (nSPS) is 15.3. The fraction of sp³-hybridized carbons (Fsp3) is 0.316. The van der Waals surface area contributed by atoms with Crippen LogP contribution in [0.3, 0.4) is 0 Å². The largest absolute Gasteiger partial charge is 0.454 e. The number of halogens is 1. The quantitative estimate of drug-likeness (QED) is 0.742. The van der Waals surface area contributed by atoms with Gasteiger partial charge in [-0.1, -0.05) is 6.07 Å². The number of fused-ring (bicyclic) bond motifs is 1. The number of carbonyl (C=O) groups is 2. The van der Waals surface area contributed by atoms with Crippen LogP contribution in [-0.4, -0.2) is 46.7 Å². The smallest absolute Gasteiger partial charge is 0.245 e. The molecule has 0 spiro atoms. The number of carbonyl (C=O) groups excluding carboxylic acids is 2. The molecule has 1 fully saturated rings. The summed E-state index contributed by atoms with van der Waals surface area (Å²) in [5.74, 6) is 1.13. The molecule has 2 aliphatic rings. The van der Waals surface area contributed by atoms with Crippen molar-refractivity contribution in [2.24, 2.45) is 0 Å². The summed E-state index contributed by atoms with van der Waals surface area (Å²) < 4.78 is 11.5. The highest BCUT2D eigenvalue weighted by Crippen LogP contribution is 2.32. The van der Waals surface area contributed by atoms with E-state index in [1.54, 1.807) is 28.5 Å². The van der Waals surface area contributed by atoms with Crippen molar-refractivity contribution in [1.82, 2.24) is 15.0 Å². The van der Waals surface area contributed by atoms with Gasteiger partial charge in [-0.3, -0.25) is 24.6 Å². The standard InChI is InChI=1S/C19H18BrN3O4/c20-15-6-14(10-21-11-15)9-19(25)23-5-1-4-22(23)18(24)8-13-2-3-16-17(7-13)27-12-26-16/h2-3,6-7,10-11H,1,4-5,8-9,12H2. The molecule has 2 amide bonds. The monoisotopic (exact) mass is 431 g/mol. The number of benzene rings is 1. The van der Waals surface area contributed by atoms with Gasteiger partial charge in [-0.15, -0.1) is 0 Å². The zero-order valence-electron chi connectivity index (χ0n) is 14.6. The summed E-state index contributed by atoms with van der Waals surface area (Å²) in [5.41, 5.74) is 1.64. The maximum absolute atomic E-state index is 12.8. The molecule has 7 nitrogen and oxygen atoms in total. The van der Waals surface area contributed by atoms with E-state index in [4.69, 9.17) is 9.47 Å². The molecule has 140 valence electrons. The molecule has 2 aromatic rings. The number of nitrogens with zero attached hydrogens (tertiary/aromatic N) is 3. The van der Waals surface area contributed by atoms with Gasteiger partial charge in [-0.25, -0.2) is 0 Å². The second kappa shape index (κ2) is 7.56. The highest BCUT2D eigenvalue weighted by atomic mass is 79.9. The molecule has 4 rings (SSSR count). The van der Waals surface area contributed by atoms with Gasteiger partial charge in [0, 0.05) is 30.0 Å². The fourth-order valence-corrected chi connectivity index (χ4v) is 3.68. The first kappa shape index (κ1) is 17.8.